The van der Waals surface area contributed by atoms with Crippen LogP contribution in [0.4, 0.5) is 0 Å². The Morgan fingerprint density at radius 2 is 1.68 bits per heavy atom. The Hall–Kier alpha value is -0.530. The van der Waals surface area contributed by atoms with Gasteiger partial charge in [-0.25, -0.2) is 0 Å². The van der Waals surface area contributed by atoms with Crippen LogP contribution in [0.2, 0.25) is 10.0 Å². The average Bonchev–Trinajstić information content (AvgIpc) is 3.02. The molecular formula is C19H24Cl2O. The number of carbonyl (C=O) groups excluding carboxylic acids is 1. The Bertz CT molecular complexity index is 540. The first kappa shape index (κ1) is 16.3. The minimum absolute atomic E-state index is 0.300. The SMILES string of the molecule is O=C(CC1CCCCC1)C1(c2ccc(Cl)c(Cl)c2)CCCC1. The molecule has 0 radical (unpaired) electrons. The molecule has 0 aliphatic heterocycles. The summed E-state index contributed by atoms with van der Waals surface area (Å²) in [5.74, 6) is 1.04. The molecule has 0 aromatic heterocycles. The van der Waals surface area contributed by atoms with Gasteiger partial charge in [0.2, 0.25) is 0 Å². The zero-order valence-corrected chi connectivity index (χ0v) is 14.6. The molecule has 1 nitrogen and oxygen atoms in total. The van der Waals surface area contributed by atoms with E-state index in [1.54, 1.807) is 0 Å². The van der Waals surface area contributed by atoms with Crippen LogP contribution in [0.5, 0.6) is 0 Å². The molecule has 0 amide bonds. The predicted octanol–water partition coefficient (Wildman–Crippen LogP) is 6.34. The highest BCUT2D eigenvalue weighted by molar-refractivity contribution is 6.42. The molecule has 2 fully saturated rings. The first-order valence-electron chi connectivity index (χ1n) is 8.61. The highest BCUT2D eigenvalue weighted by Crippen LogP contribution is 2.45. The van der Waals surface area contributed by atoms with Crippen molar-refractivity contribution in [1.82, 2.24) is 0 Å². The van der Waals surface area contributed by atoms with Crippen molar-refractivity contribution in [3.8, 4) is 0 Å². The Morgan fingerprint density at radius 3 is 2.32 bits per heavy atom. The maximum absolute atomic E-state index is 13.2. The lowest BCUT2D eigenvalue weighted by Gasteiger charge is -2.31. The van der Waals surface area contributed by atoms with Gasteiger partial charge >= 0.3 is 0 Å². The molecule has 2 aliphatic carbocycles. The monoisotopic (exact) mass is 338 g/mol. The molecule has 2 saturated carbocycles. The normalized spacial score (nSPS) is 21.9. The Balaban J connectivity index is 1.83. The zero-order valence-electron chi connectivity index (χ0n) is 13.0. The summed E-state index contributed by atoms with van der Waals surface area (Å²) in [5.41, 5.74) is 0.784. The number of halogens is 2. The van der Waals surface area contributed by atoms with E-state index in [0.717, 1.165) is 37.7 Å². The molecule has 0 N–H and O–H groups in total. The molecule has 0 bridgehead atoms. The van der Waals surface area contributed by atoms with Crippen LogP contribution in [0.1, 0.15) is 69.8 Å². The molecule has 1 aromatic rings. The number of Topliss-reactive ketones (excluding diaryl/α,β-unsaturated/α-hetero) is 1. The van der Waals surface area contributed by atoms with Crippen molar-refractivity contribution >= 4 is 29.0 Å². The van der Waals surface area contributed by atoms with Crippen molar-refractivity contribution in [2.45, 2.75) is 69.6 Å². The van der Waals surface area contributed by atoms with Gasteiger partial charge in [-0.05, 0) is 36.5 Å². The molecule has 0 spiro atoms. The highest BCUT2D eigenvalue weighted by Gasteiger charge is 2.42. The van der Waals surface area contributed by atoms with Gasteiger partial charge in [-0.2, -0.15) is 0 Å². The van der Waals surface area contributed by atoms with Crippen molar-refractivity contribution in [2.24, 2.45) is 5.92 Å². The van der Waals surface area contributed by atoms with Crippen molar-refractivity contribution in [2.75, 3.05) is 0 Å². The number of carbonyl (C=O) groups is 1. The van der Waals surface area contributed by atoms with Crippen LogP contribution >= 0.6 is 23.2 Å². The zero-order chi connectivity index (χ0) is 15.6. The van der Waals surface area contributed by atoms with E-state index in [4.69, 9.17) is 23.2 Å². The van der Waals surface area contributed by atoms with Crippen molar-refractivity contribution in [1.29, 1.82) is 0 Å². The van der Waals surface area contributed by atoms with Gasteiger partial charge in [-0.1, -0.05) is 74.2 Å². The van der Waals surface area contributed by atoms with Crippen LogP contribution in [0.3, 0.4) is 0 Å². The van der Waals surface area contributed by atoms with Crippen LogP contribution in [0.15, 0.2) is 18.2 Å². The van der Waals surface area contributed by atoms with Crippen molar-refractivity contribution in [3.63, 3.8) is 0 Å². The summed E-state index contributed by atoms with van der Waals surface area (Å²) >= 11 is 12.3. The quantitative estimate of drug-likeness (QED) is 0.625. The van der Waals surface area contributed by atoms with E-state index >= 15 is 0 Å². The average molecular weight is 339 g/mol. The molecule has 3 rings (SSSR count). The first-order chi connectivity index (χ1) is 10.6. The topological polar surface area (TPSA) is 17.1 Å². The van der Waals surface area contributed by atoms with Gasteiger partial charge in [0.1, 0.15) is 5.78 Å². The lowest BCUT2D eigenvalue weighted by molar-refractivity contribution is -0.125. The van der Waals surface area contributed by atoms with Crippen LogP contribution in [-0.4, -0.2) is 5.78 Å². The molecule has 0 atom stereocenters. The first-order valence-corrected chi connectivity index (χ1v) is 9.36. The van der Waals surface area contributed by atoms with Gasteiger partial charge in [0, 0.05) is 6.42 Å². The minimum Gasteiger partial charge on any atom is -0.299 e. The van der Waals surface area contributed by atoms with E-state index in [1.165, 1.54) is 32.1 Å². The summed E-state index contributed by atoms with van der Waals surface area (Å²) in [4.78, 5) is 13.2. The molecule has 0 heterocycles. The standard InChI is InChI=1S/C19H24Cl2O/c20-16-9-8-15(13-17(16)21)19(10-4-5-11-19)18(22)12-14-6-2-1-3-7-14/h8-9,13-14H,1-7,10-12H2. The Labute approximate surface area is 143 Å². The summed E-state index contributed by atoms with van der Waals surface area (Å²) in [5, 5.41) is 1.13. The Kier molecular flexibility index (Phi) is 5.14. The van der Waals surface area contributed by atoms with E-state index in [-0.39, 0.29) is 5.41 Å². The number of hydrogen-bond donors (Lipinski definition) is 0. The van der Waals surface area contributed by atoms with Crippen molar-refractivity contribution in [3.05, 3.63) is 33.8 Å². The molecule has 1 aromatic carbocycles. The maximum atomic E-state index is 13.2. The molecule has 0 unspecified atom stereocenters. The summed E-state index contributed by atoms with van der Waals surface area (Å²) in [6.45, 7) is 0. The largest absolute Gasteiger partial charge is 0.299 e. The number of hydrogen-bond acceptors (Lipinski definition) is 1. The number of ketones is 1. The molecule has 22 heavy (non-hydrogen) atoms. The third kappa shape index (κ3) is 3.21. The van der Waals surface area contributed by atoms with Crippen LogP contribution in [0.25, 0.3) is 0 Å². The van der Waals surface area contributed by atoms with E-state index in [1.807, 2.05) is 18.2 Å². The van der Waals surface area contributed by atoms with Gasteiger partial charge in [0.15, 0.2) is 0 Å². The molecule has 120 valence electrons. The predicted molar refractivity (Wildman–Crippen MR) is 92.8 cm³/mol. The van der Waals surface area contributed by atoms with E-state index < -0.39 is 0 Å². The van der Waals surface area contributed by atoms with Gasteiger partial charge < -0.3 is 0 Å². The summed E-state index contributed by atoms with van der Waals surface area (Å²) in [6, 6.07) is 5.78. The van der Waals surface area contributed by atoms with Crippen LogP contribution < -0.4 is 0 Å². The second-order valence-electron chi connectivity index (χ2n) is 7.05. The second-order valence-corrected chi connectivity index (χ2v) is 7.86. The fourth-order valence-electron chi connectivity index (χ4n) is 4.35. The molecule has 2 aliphatic rings. The fraction of sp³-hybridized carbons (Fsp3) is 0.632. The number of benzene rings is 1. The van der Waals surface area contributed by atoms with Gasteiger partial charge in [0.25, 0.3) is 0 Å². The minimum atomic E-state index is -0.300. The summed E-state index contributed by atoms with van der Waals surface area (Å²) in [7, 11) is 0. The van der Waals surface area contributed by atoms with Crippen molar-refractivity contribution < 1.29 is 4.79 Å². The van der Waals surface area contributed by atoms with E-state index in [9.17, 15) is 4.79 Å². The smallest absolute Gasteiger partial charge is 0.143 e. The lowest BCUT2D eigenvalue weighted by Crippen LogP contribution is -2.34. The van der Waals surface area contributed by atoms with Gasteiger partial charge in [-0.15, -0.1) is 0 Å². The Morgan fingerprint density at radius 1 is 1.00 bits per heavy atom. The summed E-state index contributed by atoms with van der Waals surface area (Å²) < 4.78 is 0. The molecule has 0 saturated heterocycles. The fourth-order valence-corrected chi connectivity index (χ4v) is 4.65. The number of rotatable bonds is 4. The molecule has 3 heteroatoms. The van der Waals surface area contributed by atoms with Gasteiger partial charge in [0.05, 0.1) is 15.5 Å². The van der Waals surface area contributed by atoms with Crippen LogP contribution in [-0.2, 0) is 10.2 Å². The van der Waals surface area contributed by atoms with Gasteiger partial charge in [-0.3, -0.25) is 4.79 Å². The summed E-state index contributed by atoms with van der Waals surface area (Å²) in [6.07, 6.45) is 11.3. The van der Waals surface area contributed by atoms with Crippen LogP contribution in [0, 0.1) is 5.92 Å². The molecular weight excluding hydrogens is 315 g/mol. The highest BCUT2D eigenvalue weighted by atomic mass is 35.5. The second kappa shape index (κ2) is 6.93. The third-order valence-corrected chi connectivity index (χ3v) is 6.40. The lowest BCUT2D eigenvalue weighted by atomic mass is 9.71. The van der Waals surface area contributed by atoms with E-state index in [0.29, 0.717) is 21.7 Å². The maximum Gasteiger partial charge on any atom is 0.143 e. The third-order valence-electron chi connectivity index (χ3n) is 5.66. The van der Waals surface area contributed by atoms with E-state index in [2.05, 4.69) is 0 Å².